The Kier molecular flexibility index (Phi) is 1.70. The van der Waals surface area contributed by atoms with E-state index in [1.54, 1.807) is 17.5 Å². The summed E-state index contributed by atoms with van der Waals surface area (Å²) in [6, 6.07) is 5.56. The van der Waals surface area contributed by atoms with Crippen molar-refractivity contribution in [2.75, 3.05) is 5.73 Å². The number of primary amides is 1. The molecule has 4 nitrogen and oxygen atoms in total. The van der Waals surface area contributed by atoms with E-state index in [1.165, 1.54) is 0 Å². The van der Waals surface area contributed by atoms with Crippen molar-refractivity contribution in [3.63, 3.8) is 0 Å². The van der Waals surface area contributed by atoms with Crippen molar-refractivity contribution >= 4 is 17.1 Å². The largest absolute Gasteiger partial charge is 0.397 e. The van der Waals surface area contributed by atoms with E-state index in [2.05, 4.69) is 0 Å². The minimum absolute atomic E-state index is 0.457. The molecule has 4 heteroatoms. The van der Waals surface area contributed by atoms with E-state index < -0.39 is 5.91 Å². The monoisotopic (exact) mass is 189 g/mol. The molecule has 2 rings (SSSR count). The lowest BCUT2D eigenvalue weighted by molar-refractivity contribution is 0.0994. The first kappa shape index (κ1) is 8.62. The van der Waals surface area contributed by atoms with Gasteiger partial charge in [-0.25, -0.2) is 0 Å². The van der Waals surface area contributed by atoms with Crippen LogP contribution in [-0.4, -0.2) is 10.3 Å². The fourth-order valence-electron chi connectivity index (χ4n) is 1.66. The third-order valence-electron chi connectivity index (χ3n) is 2.37. The van der Waals surface area contributed by atoms with Crippen molar-refractivity contribution in [3.05, 3.63) is 35.7 Å². The number of nitrogens with zero attached hydrogens (tertiary/aromatic N) is 1. The summed E-state index contributed by atoms with van der Waals surface area (Å²) in [6.07, 6.45) is 1.78. The van der Waals surface area contributed by atoms with E-state index in [-0.39, 0.29) is 0 Å². The van der Waals surface area contributed by atoms with Crippen LogP contribution in [0.3, 0.4) is 0 Å². The molecule has 0 saturated heterocycles. The molecule has 72 valence electrons. The molecule has 0 radical (unpaired) electrons. The Morgan fingerprint density at radius 3 is 2.79 bits per heavy atom. The van der Waals surface area contributed by atoms with Crippen molar-refractivity contribution < 1.29 is 4.79 Å². The van der Waals surface area contributed by atoms with Crippen LogP contribution in [0.4, 0.5) is 5.69 Å². The second-order valence-corrected chi connectivity index (χ2v) is 3.21. The molecule has 2 aromatic heterocycles. The van der Waals surface area contributed by atoms with Gasteiger partial charge in [-0.1, -0.05) is 6.07 Å². The summed E-state index contributed by atoms with van der Waals surface area (Å²) in [4.78, 5) is 11.2. The summed E-state index contributed by atoms with van der Waals surface area (Å²) in [5.41, 5.74) is 13.8. The van der Waals surface area contributed by atoms with E-state index >= 15 is 0 Å². The topological polar surface area (TPSA) is 73.5 Å². The van der Waals surface area contributed by atoms with Crippen LogP contribution in [0.1, 0.15) is 16.1 Å². The van der Waals surface area contributed by atoms with Crippen LogP contribution in [0.15, 0.2) is 24.4 Å². The maximum Gasteiger partial charge on any atom is 0.266 e. The summed E-state index contributed by atoms with van der Waals surface area (Å²) in [7, 11) is 0. The van der Waals surface area contributed by atoms with Crippen molar-refractivity contribution in [3.8, 4) is 0 Å². The fraction of sp³-hybridized carbons (Fsp3) is 0.100. The highest BCUT2D eigenvalue weighted by molar-refractivity contribution is 5.98. The van der Waals surface area contributed by atoms with Crippen molar-refractivity contribution in [1.82, 2.24) is 4.40 Å². The van der Waals surface area contributed by atoms with Crippen LogP contribution in [0.2, 0.25) is 0 Å². The molecule has 1 amide bonds. The Hall–Kier alpha value is -1.97. The molecule has 14 heavy (non-hydrogen) atoms. The smallest absolute Gasteiger partial charge is 0.266 e. The van der Waals surface area contributed by atoms with Crippen LogP contribution in [0.25, 0.3) is 5.52 Å². The first-order valence-corrected chi connectivity index (χ1v) is 4.28. The van der Waals surface area contributed by atoms with Gasteiger partial charge in [-0.3, -0.25) is 4.79 Å². The highest BCUT2D eigenvalue weighted by Gasteiger charge is 2.15. The van der Waals surface area contributed by atoms with Gasteiger partial charge in [0.15, 0.2) is 0 Å². The highest BCUT2D eigenvalue weighted by Crippen LogP contribution is 2.24. The molecule has 0 atom stereocenters. The van der Waals surface area contributed by atoms with Gasteiger partial charge in [-0.15, -0.1) is 0 Å². The number of pyridine rings is 1. The van der Waals surface area contributed by atoms with Gasteiger partial charge in [0.2, 0.25) is 0 Å². The number of carbonyl (C=O) groups is 1. The molecule has 0 unspecified atom stereocenters. The van der Waals surface area contributed by atoms with Crippen LogP contribution in [0, 0.1) is 6.92 Å². The maximum atomic E-state index is 11.2. The van der Waals surface area contributed by atoms with Crippen molar-refractivity contribution in [2.45, 2.75) is 6.92 Å². The van der Waals surface area contributed by atoms with E-state index in [0.29, 0.717) is 11.4 Å². The number of anilines is 1. The molecule has 0 aliphatic carbocycles. The van der Waals surface area contributed by atoms with Gasteiger partial charge in [-0.2, -0.15) is 0 Å². The van der Waals surface area contributed by atoms with Gasteiger partial charge in [0.05, 0.1) is 11.2 Å². The second kappa shape index (κ2) is 2.77. The third kappa shape index (κ3) is 0.970. The SMILES string of the molecule is Cc1c(N)c2ccccn2c1C(N)=O. The standard InChI is InChI=1S/C10H11N3O/c1-6-8(11)7-4-2-3-5-13(7)9(6)10(12)14/h2-5H,11H2,1H3,(H2,12,14). The zero-order chi connectivity index (χ0) is 10.3. The lowest BCUT2D eigenvalue weighted by atomic mass is 10.2. The van der Waals surface area contributed by atoms with Crippen molar-refractivity contribution in [2.24, 2.45) is 5.73 Å². The average molecular weight is 189 g/mol. The number of fused-ring (bicyclic) bond motifs is 1. The van der Waals surface area contributed by atoms with E-state index in [0.717, 1.165) is 11.1 Å². The third-order valence-corrected chi connectivity index (χ3v) is 2.37. The fourth-order valence-corrected chi connectivity index (χ4v) is 1.66. The van der Waals surface area contributed by atoms with Crippen molar-refractivity contribution in [1.29, 1.82) is 0 Å². The van der Waals surface area contributed by atoms with Gasteiger partial charge in [0, 0.05) is 11.8 Å². The number of nitrogens with two attached hydrogens (primary N) is 2. The minimum Gasteiger partial charge on any atom is -0.397 e. The molecule has 0 aliphatic heterocycles. The zero-order valence-corrected chi connectivity index (χ0v) is 7.82. The molecule has 0 aliphatic rings. The molecular weight excluding hydrogens is 178 g/mol. The molecule has 0 spiro atoms. The van der Waals surface area contributed by atoms with Crippen LogP contribution >= 0.6 is 0 Å². The molecule has 0 bridgehead atoms. The highest BCUT2D eigenvalue weighted by atomic mass is 16.1. The Morgan fingerprint density at radius 2 is 2.14 bits per heavy atom. The molecule has 2 aromatic rings. The van der Waals surface area contributed by atoms with E-state index in [9.17, 15) is 4.79 Å². The second-order valence-electron chi connectivity index (χ2n) is 3.21. The Morgan fingerprint density at radius 1 is 1.43 bits per heavy atom. The molecule has 4 N–H and O–H groups in total. The lowest BCUT2D eigenvalue weighted by Gasteiger charge is -1.97. The van der Waals surface area contributed by atoms with Crippen LogP contribution < -0.4 is 11.5 Å². The Balaban J connectivity index is 2.95. The molecule has 2 heterocycles. The number of hydrogen-bond acceptors (Lipinski definition) is 2. The molecular formula is C10H11N3O. The summed E-state index contributed by atoms with van der Waals surface area (Å²) < 4.78 is 1.72. The Bertz CT molecular complexity index is 513. The number of aromatic nitrogens is 1. The van der Waals surface area contributed by atoms with Gasteiger partial charge in [0.25, 0.3) is 5.91 Å². The predicted molar refractivity (Wildman–Crippen MR) is 55.1 cm³/mol. The van der Waals surface area contributed by atoms with E-state index in [4.69, 9.17) is 11.5 Å². The first-order chi connectivity index (χ1) is 6.63. The number of nitrogen functional groups attached to an aromatic ring is 1. The lowest BCUT2D eigenvalue weighted by Crippen LogP contribution is -2.14. The van der Waals surface area contributed by atoms with Gasteiger partial charge in [-0.05, 0) is 19.1 Å². The number of amides is 1. The first-order valence-electron chi connectivity index (χ1n) is 4.28. The average Bonchev–Trinajstić information content (AvgIpc) is 2.41. The van der Waals surface area contributed by atoms with Gasteiger partial charge < -0.3 is 15.9 Å². The van der Waals surface area contributed by atoms with Gasteiger partial charge in [0.1, 0.15) is 5.69 Å². The summed E-state index contributed by atoms with van der Waals surface area (Å²) in [5.74, 6) is -0.458. The summed E-state index contributed by atoms with van der Waals surface area (Å²) in [5, 5.41) is 0. The molecule has 0 aromatic carbocycles. The maximum absolute atomic E-state index is 11.2. The zero-order valence-electron chi connectivity index (χ0n) is 7.82. The molecule has 0 saturated carbocycles. The number of hydrogen-bond donors (Lipinski definition) is 2. The normalized spacial score (nSPS) is 10.6. The molecule has 0 fully saturated rings. The minimum atomic E-state index is -0.458. The Labute approximate surface area is 81.1 Å². The quantitative estimate of drug-likeness (QED) is 0.700. The van der Waals surface area contributed by atoms with Gasteiger partial charge >= 0.3 is 0 Å². The number of carbonyl (C=O) groups excluding carboxylic acids is 1. The van der Waals surface area contributed by atoms with Crippen LogP contribution in [-0.2, 0) is 0 Å². The summed E-state index contributed by atoms with van der Waals surface area (Å²) >= 11 is 0. The predicted octanol–water partition coefficient (Wildman–Crippen LogP) is 0.929. The van der Waals surface area contributed by atoms with E-state index in [1.807, 2.05) is 18.2 Å². The summed E-state index contributed by atoms with van der Waals surface area (Å²) in [6.45, 7) is 1.79. The number of rotatable bonds is 1. The van der Waals surface area contributed by atoms with Crippen LogP contribution in [0.5, 0.6) is 0 Å².